The van der Waals surface area contributed by atoms with Crippen LogP contribution in [0.15, 0.2) is 5.10 Å². The predicted molar refractivity (Wildman–Crippen MR) is 22.7 cm³/mol. The molecule has 1 aliphatic heterocycles. The number of alkyl halides is 3. The van der Waals surface area contributed by atoms with Crippen molar-refractivity contribution in [1.82, 2.24) is 16.1 Å². The molecule has 4 nitrogen and oxygen atoms in total. The Balaban J connectivity index is 2.46. The van der Waals surface area contributed by atoms with Crippen LogP contribution in [0.5, 0.6) is 0 Å². The van der Waals surface area contributed by atoms with Gasteiger partial charge in [0.2, 0.25) is 0 Å². The largest absolute Gasteiger partial charge is 0.497 e. The van der Waals surface area contributed by atoms with E-state index in [2.05, 4.69) is 5.10 Å². The molecule has 9 heavy (non-hydrogen) atoms. The number of rotatable bonds is 0. The molecule has 0 aromatic rings. The lowest BCUT2D eigenvalue weighted by atomic mass is 11.1. The van der Waals surface area contributed by atoms with Gasteiger partial charge in [-0.1, -0.05) is 0 Å². The highest BCUT2D eigenvalue weighted by molar-refractivity contribution is 5.54. The number of nitrogens with zero attached hydrogens (tertiary/aromatic N) is 2. The highest BCUT2D eigenvalue weighted by Gasteiger charge is 2.39. The van der Waals surface area contributed by atoms with Gasteiger partial charge in [-0.2, -0.15) is 18.3 Å². The summed E-state index contributed by atoms with van der Waals surface area (Å²) < 4.78 is 34.4. The van der Waals surface area contributed by atoms with Crippen molar-refractivity contribution in [2.75, 3.05) is 0 Å². The van der Waals surface area contributed by atoms with Gasteiger partial charge in [-0.3, -0.25) is 5.43 Å². The first-order valence-electron chi connectivity index (χ1n) is 2.01. The first-order chi connectivity index (χ1) is 4.11. The van der Waals surface area contributed by atoms with E-state index in [-0.39, 0.29) is 5.12 Å². The van der Waals surface area contributed by atoms with E-state index in [1.165, 1.54) is 0 Å². The summed E-state index contributed by atoms with van der Waals surface area (Å²) in [6, 6.07) is 0. The lowest BCUT2D eigenvalue weighted by Gasteiger charge is -2.16. The Morgan fingerprint density at radius 3 is 2.33 bits per heavy atom. The van der Waals surface area contributed by atoms with Gasteiger partial charge in [0.1, 0.15) is 6.34 Å². The van der Waals surface area contributed by atoms with Gasteiger partial charge in [-0.15, -0.1) is 0 Å². The fourth-order valence-electron chi connectivity index (χ4n) is 0.332. The first kappa shape index (κ1) is 6.14. The molecule has 0 radical (unpaired) electrons. The Hall–Kier alpha value is -0.980. The van der Waals surface area contributed by atoms with Crippen molar-refractivity contribution < 1.29 is 13.2 Å². The van der Waals surface area contributed by atoms with Gasteiger partial charge in [-0.25, -0.2) is 5.53 Å². The number of halogens is 3. The maximum absolute atomic E-state index is 11.5. The summed E-state index contributed by atoms with van der Waals surface area (Å²) in [4.78, 5) is 0. The van der Waals surface area contributed by atoms with Gasteiger partial charge >= 0.3 is 6.30 Å². The Morgan fingerprint density at radius 1 is 1.44 bits per heavy atom. The van der Waals surface area contributed by atoms with Crippen molar-refractivity contribution in [3.63, 3.8) is 0 Å². The van der Waals surface area contributed by atoms with Gasteiger partial charge in [0, 0.05) is 0 Å². The average molecular weight is 140 g/mol. The zero-order valence-corrected chi connectivity index (χ0v) is 4.11. The van der Waals surface area contributed by atoms with Crippen LogP contribution < -0.4 is 11.0 Å². The maximum atomic E-state index is 11.5. The highest BCUT2D eigenvalue weighted by atomic mass is 19.4. The minimum Gasteiger partial charge on any atom is -0.281 e. The fourth-order valence-corrected chi connectivity index (χ4v) is 0.332. The standard InChI is InChI=1S/C2H3F3N4/c3-2(4,5)9-7-1-6-8-9/h1,8H,(H,6,7). The molecule has 1 heterocycles. The Morgan fingerprint density at radius 2 is 2.11 bits per heavy atom. The minimum atomic E-state index is -4.43. The van der Waals surface area contributed by atoms with Crippen LogP contribution in [0, 0.1) is 0 Å². The number of hydrazine groups is 2. The normalized spacial score (nSPS) is 19.4. The molecule has 7 heteroatoms. The van der Waals surface area contributed by atoms with Crippen molar-refractivity contribution >= 4 is 6.34 Å². The lowest BCUT2D eigenvalue weighted by molar-refractivity contribution is -0.271. The van der Waals surface area contributed by atoms with Crippen LogP contribution in [0.4, 0.5) is 13.2 Å². The third kappa shape index (κ3) is 1.22. The van der Waals surface area contributed by atoms with Gasteiger partial charge < -0.3 is 0 Å². The molecule has 0 fully saturated rings. The van der Waals surface area contributed by atoms with Crippen molar-refractivity contribution in [3.8, 4) is 0 Å². The second kappa shape index (κ2) is 1.76. The summed E-state index contributed by atoms with van der Waals surface area (Å²) in [5.74, 6) is 0. The summed E-state index contributed by atoms with van der Waals surface area (Å²) in [7, 11) is 0. The summed E-state index contributed by atoms with van der Waals surface area (Å²) in [6.07, 6.45) is -3.54. The van der Waals surface area contributed by atoms with Crippen molar-refractivity contribution in [1.29, 1.82) is 0 Å². The van der Waals surface area contributed by atoms with E-state index in [9.17, 15) is 13.2 Å². The molecule has 0 bridgehead atoms. The second-order valence-corrected chi connectivity index (χ2v) is 1.29. The maximum Gasteiger partial charge on any atom is 0.497 e. The Labute approximate surface area is 48.3 Å². The molecule has 2 N–H and O–H groups in total. The first-order valence-corrected chi connectivity index (χ1v) is 2.01. The van der Waals surface area contributed by atoms with E-state index < -0.39 is 6.30 Å². The summed E-state index contributed by atoms with van der Waals surface area (Å²) >= 11 is 0. The average Bonchev–Trinajstić information content (AvgIpc) is 2.08. The summed E-state index contributed by atoms with van der Waals surface area (Å²) in [5.41, 5.74) is 3.47. The monoisotopic (exact) mass is 140 g/mol. The van der Waals surface area contributed by atoms with Crippen LogP contribution in [0.25, 0.3) is 0 Å². The molecular formula is C2H3F3N4. The summed E-state index contributed by atoms with van der Waals surface area (Å²) in [6.45, 7) is 0. The molecule has 0 unspecified atom stereocenters. The van der Waals surface area contributed by atoms with E-state index in [0.717, 1.165) is 6.34 Å². The minimum absolute atomic E-state index is 0.174. The molecule has 0 amide bonds. The third-order valence-electron chi connectivity index (χ3n) is 0.663. The zero-order chi connectivity index (χ0) is 6.91. The molecule has 0 aliphatic carbocycles. The molecule has 52 valence electrons. The van der Waals surface area contributed by atoms with E-state index in [1.807, 2.05) is 0 Å². The molecular weight excluding hydrogens is 137 g/mol. The molecule has 0 spiro atoms. The number of nitrogens with one attached hydrogen (secondary N) is 2. The van der Waals surface area contributed by atoms with Crippen LogP contribution in [0.1, 0.15) is 0 Å². The van der Waals surface area contributed by atoms with Crippen LogP contribution in [-0.4, -0.2) is 17.8 Å². The van der Waals surface area contributed by atoms with E-state index >= 15 is 0 Å². The molecule has 1 aliphatic rings. The topological polar surface area (TPSA) is 39.7 Å². The second-order valence-electron chi connectivity index (χ2n) is 1.29. The van der Waals surface area contributed by atoms with E-state index in [0.29, 0.717) is 0 Å². The van der Waals surface area contributed by atoms with Gasteiger partial charge in [0.25, 0.3) is 0 Å². The van der Waals surface area contributed by atoms with E-state index in [1.54, 1.807) is 11.0 Å². The van der Waals surface area contributed by atoms with Crippen LogP contribution >= 0.6 is 0 Å². The lowest BCUT2D eigenvalue weighted by Crippen LogP contribution is -2.49. The van der Waals surface area contributed by atoms with Gasteiger partial charge in [0.15, 0.2) is 0 Å². The number of hydrogen-bond donors (Lipinski definition) is 2. The molecule has 0 saturated heterocycles. The predicted octanol–water partition coefficient (Wildman–Crippen LogP) is -0.226. The Bertz CT molecular complexity index is 120. The molecule has 0 atom stereocenters. The van der Waals surface area contributed by atoms with Crippen LogP contribution in [0.2, 0.25) is 0 Å². The van der Waals surface area contributed by atoms with Crippen LogP contribution in [-0.2, 0) is 0 Å². The molecule has 0 aromatic carbocycles. The van der Waals surface area contributed by atoms with Crippen molar-refractivity contribution in [2.45, 2.75) is 6.30 Å². The molecule has 0 saturated carbocycles. The summed E-state index contributed by atoms with van der Waals surface area (Å²) in [5, 5.41) is 2.88. The fraction of sp³-hybridized carbons (Fsp3) is 0.500. The third-order valence-corrected chi connectivity index (χ3v) is 0.663. The smallest absolute Gasteiger partial charge is 0.281 e. The van der Waals surface area contributed by atoms with Gasteiger partial charge in [-0.05, 0) is 5.12 Å². The number of hydrazone groups is 1. The van der Waals surface area contributed by atoms with Crippen LogP contribution in [0.3, 0.4) is 0 Å². The zero-order valence-electron chi connectivity index (χ0n) is 4.11. The van der Waals surface area contributed by atoms with Gasteiger partial charge in [0.05, 0.1) is 0 Å². The SMILES string of the molecule is FC(F)(F)N1NC=NN1. The van der Waals surface area contributed by atoms with E-state index in [4.69, 9.17) is 0 Å². The quantitative estimate of drug-likeness (QED) is 0.457. The van der Waals surface area contributed by atoms with Crippen molar-refractivity contribution in [2.24, 2.45) is 5.10 Å². The Kier molecular flexibility index (Phi) is 1.20. The molecule has 1 rings (SSSR count). The van der Waals surface area contributed by atoms with Crippen molar-refractivity contribution in [3.05, 3.63) is 0 Å². The number of hydrogen-bond acceptors (Lipinski definition) is 4. The molecule has 0 aromatic heterocycles. The highest BCUT2D eigenvalue weighted by Crippen LogP contribution is 2.16.